The van der Waals surface area contributed by atoms with Gasteiger partial charge in [0.1, 0.15) is 0 Å². The van der Waals surface area contributed by atoms with Crippen molar-refractivity contribution in [2.45, 2.75) is 46.2 Å². The number of hydrogen-bond acceptors (Lipinski definition) is 4. The number of nitrogens with one attached hydrogen (secondary N) is 2. The molecular formula is C25H26N4O3. The van der Waals surface area contributed by atoms with Crippen LogP contribution in [0.1, 0.15) is 61.3 Å². The molecule has 164 valence electrons. The van der Waals surface area contributed by atoms with E-state index in [2.05, 4.69) is 15.3 Å². The number of rotatable bonds is 5. The van der Waals surface area contributed by atoms with Crippen LogP contribution in [0.2, 0.25) is 0 Å². The van der Waals surface area contributed by atoms with Crippen molar-refractivity contribution in [1.29, 1.82) is 0 Å². The van der Waals surface area contributed by atoms with Crippen molar-refractivity contribution < 1.29 is 4.79 Å². The van der Waals surface area contributed by atoms with E-state index in [1.54, 1.807) is 13.0 Å². The molecule has 0 bridgehead atoms. The number of aromatic nitrogens is 3. The maximum atomic E-state index is 13.4. The highest BCUT2D eigenvalue weighted by atomic mass is 16.2. The van der Waals surface area contributed by atoms with Crippen LogP contribution in [0, 0.1) is 0 Å². The Balaban J connectivity index is 1.84. The number of carbonyl (C=O) groups is 1. The van der Waals surface area contributed by atoms with Gasteiger partial charge in [0.25, 0.3) is 11.5 Å². The van der Waals surface area contributed by atoms with E-state index in [0.717, 1.165) is 16.3 Å². The summed E-state index contributed by atoms with van der Waals surface area (Å²) in [5.74, 6) is -0.368. The number of carbonyl (C=O) groups excluding carboxylic acids is 1. The summed E-state index contributed by atoms with van der Waals surface area (Å²) >= 11 is 0. The lowest BCUT2D eigenvalue weighted by atomic mass is 9.99. The Labute approximate surface area is 185 Å². The lowest BCUT2D eigenvalue weighted by molar-refractivity contribution is 0.0941. The number of aryl methyl sites for hydroxylation is 1. The zero-order chi connectivity index (χ0) is 23.0. The van der Waals surface area contributed by atoms with E-state index in [0.29, 0.717) is 12.2 Å². The first-order valence-corrected chi connectivity index (χ1v) is 10.8. The van der Waals surface area contributed by atoms with Gasteiger partial charge in [-0.3, -0.25) is 19.1 Å². The van der Waals surface area contributed by atoms with Gasteiger partial charge in [0.2, 0.25) is 0 Å². The molecule has 4 rings (SSSR count). The molecule has 2 aromatic heterocycles. The third-order valence-electron chi connectivity index (χ3n) is 5.76. The standard InChI is InChI=1S/C25H26N4O3/c1-5-29-22-21(24(31)28-25(29)32)19(13-20(27-22)14(2)3)23(30)26-15(4)17-12-8-10-16-9-6-7-11-18(16)17/h6-15H,5H2,1-4H3,(H,26,30)(H,28,31,32). The first-order valence-electron chi connectivity index (χ1n) is 10.8. The van der Waals surface area contributed by atoms with E-state index in [1.165, 1.54) is 4.57 Å². The Morgan fingerprint density at radius 2 is 1.81 bits per heavy atom. The Morgan fingerprint density at radius 3 is 2.53 bits per heavy atom. The van der Waals surface area contributed by atoms with Crippen LogP contribution in [-0.4, -0.2) is 20.4 Å². The summed E-state index contributed by atoms with van der Waals surface area (Å²) in [7, 11) is 0. The lowest BCUT2D eigenvalue weighted by Gasteiger charge is -2.18. The zero-order valence-corrected chi connectivity index (χ0v) is 18.6. The van der Waals surface area contributed by atoms with Crippen LogP contribution in [0.25, 0.3) is 21.8 Å². The van der Waals surface area contributed by atoms with Crippen LogP contribution >= 0.6 is 0 Å². The van der Waals surface area contributed by atoms with Crippen molar-refractivity contribution >= 4 is 27.7 Å². The maximum absolute atomic E-state index is 13.4. The highest BCUT2D eigenvalue weighted by Gasteiger charge is 2.22. The second-order valence-electron chi connectivity index (χ2n) is 8.22. The van der Waals surface area contributed by atoms with Gasteiger partial charge in [0.05, 0.1) is 17.0 Å². The predicted molar refractivity (Wildman–Crippen MR) is 126 cm³/mol. The third kappa shape index (κ3) is 3.70. The summed E-state index contributed by atoms with van der Waals surface area (Å²) in [4.78, 5) is 45.3. The second-order valence-corrected chi connectivity index (χ2v) is 8.22. The van der Waals surface area contributed by atoms with Gasteiger partial charge < -0.3 is 5.32 Å². The number of benzene rings is 2. The number of H-pyrrole nitrogens is 1. The molecule has 0 saturated carbocycles. The average Bonchev–Trinajstić information content (AvgIpc) is 2.77. The SMILES string of the molecule is CCn1c(=O)[nH]c(=O)c2c(C(=O)NC(C)c3cccc4ccccc34)cc(C(C)C)nc21. The highest BCUT2D eigenvalue weighted by Crippen LogP contribution is 2.25. The van der Waals surface area contributed by atoms with Crippen molar-refractivity contribution in [3.63, 3.8) is 0 Å². The molecular weight excluding hydrogens is 404 g/mol. The fourth-order valence-corrected chi connectivity index (χ4v) is 4.04. The minimum atomic E-state index is -0.611. The third-order valence-corrected chi connectivity index (χ3v) is 5.76. The molecule has 7 nitrogen and oxygen atoms in total. The molecule has 0 aliphatic carbocycles. The fourth-order valence-electron chi connectivity index (χ4n) is 4.04. The largest absolute Gasteiger partial charge is 0.345 e. The fraction of sp³-hybridized carbons (Fsp3) is 0.280. The zero-order valence-electron chi connectivity index (χ0n) is 18.6. The molecule has 4 aromatic rings. The van der Waals surface area contributed by atoms with Gasteiger partial charge in [-0.1, -0.05) is 56.3 Å². The molecule has 0 aliphatic rings. The number of fused-ring (bicyclic) bond motifs is 2. The number of pyridine rings is 1. The van der Waals surface area contributed by atoms with Crippen molar-refractivity contribution in [3.05, 3.63) is 86.2 Å². The Hall–Kier alpha value is -3.74. The minimum absolute atomic E-state index is 0.0149. The van der Waals surface area contributed by atoms with Crippen LogP contribution in [0.5, 0.6) is 0 Å². The first-order chi connectivity index (χ1) is 15.3. The Morgan fingerprint density at radius 1 is 1.09 bits per heavy atom. The molecule has 2 N–H and O–H groups in total. The van der Waals surface area contributed by atoms with Gasteiger partial charge >= 0.3 is 5.69 Å². The maximum Gasteiger partial charge on any atom is 0.329 e. The molecule has 0 spiro atoms. The van der Waals surface area contributed by atoms with E-state index < -0.39 is 11.2 Å². The predicted octanol–water partition coefficient (Wildman–Crippen LogP) is 3.87. The molecule has 1 amide bonds. The summed E-state index contributed by atoms with van der Waals surface area (Å²) in [6.45, 7) is 7.95. The molecule has 0 aliphatic heterocycles. The summed E-state index contributed by atoms with van der Waals surface area (Å²) in [5.41, 5.74) is 0.935. The number of amides is 1. The number of nitrogens with zero attached hydrogens (tertiary/aromatic N) is 2. The van der Waals surface area contributed by atoms with Gasteiger partial charge in [0.15, 0.2) is 5.65 Å². The van der Waals surface area contributed by atoms with Crippen LogP contribution in [0.4, 0.5) is 0 Å². The number of aromatic amines is 1. The number of hydrogen-bond donors (Lipinski definition) is 2. The molecule has 0 radical (unpaired) electrons. The highest BCUT2D eigenvalue weighted by molar-refractivity contribution is 6.05. The summed E-state index contributed by atoms with van der Waals surface area (Å²) < 4.78 is 1.38. The monoisotopic (exact) mass is 430 g/mol. The molecule has 32 heavy (non-hydrogen) atoms. The molecule has 0 saturated heterocycles. The first kappa shape index (κ1) is 21.5. The molecule has 7 heteroatoms. The minimum Gasteiger partial charge on any atom is -0.345 e. The van der Waals surface area contributed by atoms with Crippen molar-refractivity contribution in [3.8, 4) is 0 Å². The van der Waals surface area contributed by atoms with E-state index in [-0.39, 0.29) is 34.5 Å². The molecule has 1 unspecified atom stereocenters. The second kappa shape index (κ2) is 8.42. The topological polar surface area (TPSA) is 96.9 Å². The van der Waals surface area contributed by atoms with E-state index in [1.807, 2.05) is 63.2 Å². The van der Waals surface area contributed by atoms with Gasteiger partial charge in [0, 0.05) is 12.2 Å². The lowest BCUT2D eigenvalue weighted by Crippen LogP contribution is -2.34. The molecule has 2 heterocycles. The van der Waals surface area contributed by atoms with Crippen molar-refractivity contribution in [1.82, 2.24) is 19.9 Å². The van der Waals surface area contributed by atoms with Gasteiger partial charge in [-0.25, -0.2) is 9.78 Å². The average molecular weight is 431 g/mol. The molecule has 0 fully saturated rings. The van der Waals surface area contributed by atoms with Crippen molar-refractivity contribution in [2.75, 3.05) is 0 Å². The Bertz CT molecular complexity index is 1440. The van der Waals surface area contributed by atoms with Gasteiger partial charge in [-0.15, -0.1) is 0 Å². The smallest absolute Gasteiger partial charge is 0.329 e. The van der Waals surface area contributed by atoms with Crippen LogP contribution < -0.4 is 16.6 Å². The quantitative estimate of drug-likeness (QED) is 0.502. The molecule has 2 aromatic carbocycles. The van der Waals surface area contributed by atoms with Crippen molar-refractivity contribution in [2.24, 2.45) is 0 Å². The van der Waals surface area contributed by atoms with Gasteiger partial charge in [-0.05, 0) is 42.2 Å². The normalized spacial score (nSPS) is 12.4. The summed E-state index contributed by atoms with van der Waals surface area (Å²) in [6, 6.07) is 15.3. The molecule has 1 atom stereocenters. The van der Waals surface area contributed by atoms with E-state index in [9.17, 15) is 14.4 Å². The Kier molecular flexibility index (Phi) is 5.65. The van der Waals surface area contributed by atoms with Crippen LogP contribution in [0.3, 0.4) is 0 Å². The van der Waals surface area contributed by atoms with E-state index >= 15 is 0 Å². The van der Waals surface area contributed by atoms with Gasteiger partial charge in [-0.2, -0.15) is 0 Å². The van der Waals surface area contributed by atoms with E-state index in [4.69, 9.17) is 0 Å². The van der Waals surface area contributed by atoms with Crippen LogP contribution in [0.15, 0.2) is 58.1 Å². The van der Waals surface area contributed by atoms with Crippen LogP contribution in [-0.2, 0) is 6.54 Å². The summed E-state index contributed by atoms with van der Waals surface area (Å²) in [6.07, 6.45) is 0. The summed E-state index contributed by atoms with van der Waals surface area (Å²) in [5, 5.41) is 5.31.